The molecule has 0 bridgehead atoms. The normalized spacial score (nSPS) is 19.4. The minimum atomic E-state index is -3.81. The topological polar surface area (TPSA) is 74.7 Å². The zero-order valence-electron chi connectivity index (χ0n) is 10.5. The summed E-state index contributed by atoms with van der Waals surface area (Å²) in [7, 11) is -3.81. The van der Waals surface area contributed by atoms with Crippen molar-refractivity contribution < 1.29 is 18.3 Å². The van der Waals surface area contributed by atoms with Crippen molar-refractivity contribution in [3.63, 3.8) is 0 Å². The second kappa shape index (κ2) is 5.47. The molecule has 3 heterocycles. The van der Waals surface area contributed by atoms with E-state index in [-0.39, 0.29) is 10.8 Å². The van der Waals surface area contributed by atoms with E-state index >= 15 is 0 Å². The van der Waals surface area contributed by atoms with Gasteiger partial charge in [-0.05, 0) is 51.5 Å². The Morgan fingerprint density at radius 3 is 2.76 bits per heavy atom. The van der Waals surface area contributed by atoms with Crippen LogP contribution in [0.5, 0.6) is 0 Å². The van der Waals surface area contributed by atoms with Gasteiger partial charge in [-0.25, -0.2) is 8.42 Å². The molecule has 0 aromatic carbocycles. The summed E-state index contributed by atoms with van der Waals surface area (Å²) in [6.07, 6.45) is 0.544. The van der Waals surface area contributed by atoms with Crippen LogP contribution in [0.2, 0.25) is 0 Å². The summed E-state index contributed by atoms with van der Waals surface area (Å²) < 4.78 is 27.3. The molecule has 2 aromatic rings. The smallest absolute Gasteiger partial charge is 0.326 e. The van der Waals surface area contributed by atoms with E-state index in [1.807, 2.05) is 0 Å². The highest BCUT2D eigenvalue weighted by atomic mass is 79.9. The summed E-state index contributed by atoms with van der Waals surface area (Å²) >= 11 is 5.78. The number of fused-ring (bicyclic) bond motifs is 1. The predicted molar refractivity (Wildman–Crippen MR) is 84.3 cm³/mol. The Kier molecular flexibility index (Phi) is 3.95. The number of hydrogen-bond acceptors (Lipinski definition) is 5. The molecule has 0 fully saturated rings. The van der Waals surface area contributed by atoms with Crippen LogP contribution in [0.4, 0.5) is 0 Å². The second-order valence-electron chi connectivity index (χ2n) is 4.46. The SMILES string of the molecule is O=C(O)C1c2ccsc2CCN1S(=O)(=O)c1ccc(Br)s1. The first-order chi connectivity index (χ1) is 9.91. The fourth-order valence-electron chi connectivity index (χ4n) is 2.36. The molecular formula is C12H10BrNO4S3. The third-order valence-corrected chi connectivity index (χ3v) is 8.22. The number of carboxylic acids is 1. The lowest BCUT2D eigenvalue weighted by Crippen LogP contribution is -2.42. The van der Waals surface area contributed by atoms with Crippen LogP contribution < -0.4 is 0 Å². The van der Waals surface area contributed by atoms with Crippen LogP contribution in [-0.4, -0.2) is 30.3 Å². The average molecular weight is 408 g/mol. The molecule has 1 aliphatic rings. The Labute approximate surface area is 138 Å². The van der Waals surface area contributed by atoms with Crippen LogP contribution in [0.1, 0.15) is 16.5 Å². The zero-order valence-corrected chi connectivity index (χ0v) is 14.6. The molecule has 0 radical (unpaired) electrons. The highest BCUT2D eigenvalue weighted by Gasteiger charge is 2.41. The van der Waals surface area contributed by atoms with E-state index in [1.54, 1.807) is 17.5 Å². The third kappa shape index (κ3) is 2.57. The van der Waals surface area contributed by atoms with Gasteiger partial charge in [0.2, 0.25) is 0 Å². The molecule has 2 aromatic heterocycles. The molecule has 112 valence electrons. The van der Waals surface area contributed by atoms with E-state index in [9.17, 15) is 18.3 Å². The summed E-state index contributed by atoms with van der Waals surface area (Å²) in [4.78, 5) is 12.5. The van der Waals surface area contributed by atoms with E-state index in [2.05, 4.69) is 15.9 Å². The molecular weight excluding hydrogens is 398 g/mol. The van der Waals surface area contributed by atoms with E-state index in [4.69, 9.17) is 0 Å². The monoisotopic (exact) mass is 407 g/mol. The summed E-state index contributed by atoms with van der Waals surface area (Å²) in [5, 5.41) is 11.3. The molecule has 1 N–H and O–H groups in total. The number of sulfonamides is 1. The van der Waals surface area contributed by atoms with Gasteiger partial charge in [-0.15, -0.1) is 22.7 Å². The average Bonchev–Trinajstić information content (AvgIpc) is 3.05. The van der Waals surface area contributed by atoms with Gasteiger partial charge in [0.25, 0.3) is 10.0 Å². The maximum atomic E-state index is 12.7. The van der Waals surface area contributed by atoms with Gasteiger partial charge in [0.15, 0.2) is 0 Å². The van der Waals surface area contributed by atoms with Crippen LogP contribution in [0.3, 0.4) is 0 Å². The summed E-state index contributed by atoms with van der Waals surface area (Å²) in [5.74, 6) is -1.14. The van der Waals surface area contributed by atoms with Crippen molar-refractivity contribution in [2.24, 2.45) is 0 Å². The first-order valence-electron chi connectivity index (χ1n) is 5.97. The zero-order chi connectivity index (χ0) is 15.2. The van der Waals surface area contributed by atoms with Crippen LogP contribution in [0.25, 0.3) is 0 Å². The van der Waals surface area contributed by atoms with Crippen molar-refractivity contribution in [3.05, 3.63) is 37.8 Å². The Hall–Kier alpha value is -0.740. The highest BCUT2D eigenvalue weighted by molar-refractivity contribution is 9.11. The Morgan fingerprint density at radius 2 is 2.14 bits per heavy atom. The maximum absolute atomic E-state index is 12.7. The van der Waals surface area contributed by atoms with Crippen LogP contribution >= 0.6 is 38.6 Å². The standard InChI is InChI=1S/C12H10BrNO4S3/c13-9-1-2-10(20-9)21(17,18)14-5-3-8-7(4-6-19-8)11(14)12(15)16/h1-2,4,6,11H,3,5H2,(H,15,16). The number of hydrogen-bond donors (Lipinski definition) is 1. The number of carbonyl (C=O) groups is 1. The number of halogens is 1. The van der Waals surface area contributed by atoms with E-state index in [0.717, 1.165) is 20.5 Å². The number of thiophene rings is 2. The molecule has 5 nitrogen and oxygen atoms in total. The quantitative estimate of drug-likeness (QED) is 0.848. The molecule has 0 saturated carbocycles. The summed E-state index contributed by atoms with van der Waals surface area (Å²) in [5.41, 5.74) is 0.581. The summed E-state index contributed by atoms with van der Waals surface area (Å²) in [6.45, 7) is 0.183. The lowest BCUT2D eigenvalue weighted by atomic mass is 10.0. The minimum Gasteiger partial charge on any atom is -0.480 e. The predicted octanol–water partition coefficient (Wildman–Crippen LogP) is 2.94. The lowest BCUT2D eigenvalue weighted by molar-refractivity contribution is -0.142. The lowest BCUT2D eigenvalue weighted by Gasteiger charge is -2.31. The fraction of sp³-hybridized carbons (Fsp3) is 0.250. The van der Waals surface area contributed by atoms with Gasteiger partial charge in [0.05, 0.1) is 3.79 Å². The van der Waals surface area contributed by atoms with Crippen molar-refractivity contribution in [2.75, 3.05) is 6.54 Å². The van der Waals surface area contributed by atoms with Crippen molar-refractivity contribution in [2.45, 2.75) is 16.7 Å². The van der Waals surface area contributed by atoms with Gasteiger partial charge in [-0.2, -0.15) is 4.31 Å². The molecule has 21 heavy (non-hydrogen) atoms. The van der Waals surface area contributed by atoms with Crippen molar-refractivity contribution in [3.8, 4) is 0 Å². The molecule has 9 heteroatoms. The fourth-order valence-corrected chi connectivity index (χ4v) is 6.97. The van der Waals surface area contributed by atoms with Crippen LogP contribution in [-0.2, 0) is 21.2 Å². The van der Waals surface area contributed by atoms with Gasteiger partial charge in [-0.1, -0.05) is 0 Å². The van der Waals surface area contributed by atoms with Crippen molar-refractivity contribution in [1.29, 1.82) is 0 Å². The number of aliphatic carboxylic acids is 1. The molecule has 0 spiro atoms. The van der Waals surface area contributed by atoms with Gasteiger partial charge in [0.1, 0.15) is 10.3 Å². The van der Waals surface area contributed by atoms with Crippen LogP contribution in [0, 0.1) is 0 Å². The first-order valence-corrected chi connectivity index (χ1v) is 9.90. The van der Waals surface area contributed by atoms with E-state index in [0.29, 0.717) is 15.8 Å². The van der Waals surface area contributed by atoms with E-state index in [1.165, 1.54) is 17.4 Å². The molecule has 0 aliphatic carbocycles. The Bertz CT molecular complexity index is 795. The first kappa shape index (κ1) is 15.2. The van der Waals surface area contributed by atoms with Crippen molar-refractivity contribution in [1.82, 2.24) is 4.31 Å². The van der Waals surface area contributed by atoms with Crippen molar-refractivity contribution >= 4 is 54.6 Å². The molecule has 0 amide bonds. The Morgan fingerprint density at radius 1 is 1.38 bits per heavy atom. The largest absolute Gasteiger partial charge is 0.480 e. The van der Waals surface area contributed by atoms with Crippen LogP contribution in [0.15, 0.2) is 31.6 Å². The second-order valence-corrected chi connectivity index (χ2v) is 10.0. The van der Waals surface area contributed by atoms with Gasteiger partial charge in [-0.3, -0.25) is 4.79 Å². The molecule has 1 unspecified atom stereocenters. The summed E-state index contributed by atoms with van der Waals surface area (Å²) in [6, 6.07) is 3.69. The third-order valence-electron chi connectivity index (χ3n) is 3.27. The molecule has 1 aliphatic heterocycles. The Balaban J connectivity index is 2.08. The highest BCUT2D eigenvalue weighted by Crippen LogP contribution is 2.38. The van der Waals surface area contributed by atoms with Gasteiger partial charge < -0.3 is 5.11 Å². The molecule has 0 saturated heterocycles. The minimum absolute atomic E-state index is 0.152. The number of rotatable bonds is 3. The van der Waals surface area contributed by atoms with E-state index < -0.39 is 22.0 Å². The maximum Gasteiger partial charge on any atom is 0.326 e. The van der Waals surface area contributed by atoms with Gasteiger partial charge >= 0.3 is 5.97 Å². The molecule has 3 rings (SSSR count). The van der Waals surface area contributed by atoms with Gasteiger partial charge in [0, 0.05) is 11.4 Å². The molecule has 1 atom stereocenters. The number of nitrogens with zero attached hydrogens (tertiary/aromatic N) is 1. The number of carboxylic acid groups (broad SMARTS) is 1.